The lowest BCUT2D eigenvalue weighted by atomic mass is 9.70. The number of carbonyl (C=O) groups excluding carboxylic acids is 1. The first-order valence-corrected chi connectivity index (χ1v) is 14.2. The fourth-order valence-corrected chi connectivity index (χ4v) is 9.64. The molecule has 2 saturated carbocycles. The highest BCUT2D eigenvalue weighted by atomic mass is 32.2. The zero-order valence-corrected chi connectivity index (χ0v) is 20.9. The largest absolute Gasteiger partial charge is 0.299 e. The summed E-state index contributed by atoms with van der Waals surface area (Å²) in [4.78, 5) is 12.9. The number of fused-ring (bicyclic) bond motifs is 4. The molecule has 5 heteroatoms. The van der Waals surface area contributed by atoms with Crippen LogP contribution in [0, 0.1) is 16.7 Å². The van der Waals surface area contributed by atoms with Gasteiger partial charge in [-0.2, -0.15) is 0 Å². The quantitative estimate of drug-likeness (QED) is 0.592. The van der Waals surface area contributed by atoms with Crippen LogP contribution < -0.4 is 0 Å². The van der Waals surface area contributed by atoms with Gasteiger partial charge in [0.05, 0.1) is 5.75 Å². The second kappa shape index (κ2) is 7.38. The van der Waals surface area contributed by atoms with Gasteiger partial charge in [-0.3, -0.25) is 4.79 Å². The minimum Gasteiger partial charge on any atom is -0.299 e. The van der Waals surface area contributed by atoms with Crippen LogP contribution in [0.25, 0.3) is 17.2 Å². The van der Waals surface area contributed by atoms with Crippen LogP contribution in [-0.4, -0.2) is 37.3 Å². The summed E-state index contributed by atoms with van der Waals surface area (Å²) in [5.41, 5.74) is 3.96. The molecule has 2 aromatic carbocycles. The molecule has 2 atom stereocenters. The maximum absolute atomic E-state index is 13.6. The Morgan fingerprint density at radius 2 is 1.71 bits per heavy atom. The van der Waals surface area contributed by atoms with E-state index in [2.05, 4.69) is 68.5 Å². The van der Waals surface area contributed by atoms with Crippen LogP contribution >= 0.6 is 0 Å². The molecule has 0 aromatic heterocycles. The number of allylic oxidation sites excluding steroid dienone is 1. The molecule has 1 unspecified atom stereocenters. The number of piperidine rings is 1. The first-order valence-electron chi connectivity index (χ1n) is 12.6. The number of hydrogen-bond donors (Lipinski definition) is 0. The molecule has 6 rings (SSSR count). The molecule has 3 aliphatic carbocycles. The van der Waals surface area contributed by atoms with Crippen molar-refractivity contribution in [3.05, 3.63) is 65.7 Å². The molecule has 178 valence electrons. The van der Waals surface area contributed by atoms with Crippen molar-refractivity contribution in [3.63, 3.8) is 0 Å². The Morgan fingerprint density at radius 1 is 0.971 bits per heavy atom. The van der Waals surface area contributed by atoms with Crippen LogP contribution in [0.4, 0.5) is 0 Å². The molecule has 4 aliphatic rings. The molecule has 1 heterocycles. The number of nitrogens with zero attached hydrogens (tertiary/aromatic N) is 1. The molecular formula is C29H33NO3S. The molecule has 3 fully saturated rings. The number of sulfonamides is 1. The van der Waals surface area contributed by atoms with E-state index in [0.29, 0.717) is 25.4 Å². The zero-order chi connectivity index (χ0) is 23.8. The Bertz CT molecular complexity index is 1290. The van der Waals surface area contributed by atoms with Gasteiger partial charge in [-0.15, -0.1) is 0 Å². The third-order valence-electron chi connectivity index (χ3n) is 9.85. The Hall–Kier alpha value is -2.24. The maximum Gasteiger partial charge on any atom is 0.215 e. The van der Waals surface area contributed by atoms with Gasteiger partial charge in [-0.1, -0.05) is 68.5 Å². The lowest BCUT2D eigenvalue weighted by molar-refractivity contribution is -0.128. The van der Waals surface area contributed by atoms with E-state index in [-0.39, 0.29) is 22.4 Å². The van der Waals surface area contributed by atoms with E-state index < -0.39 is 15.4 Å². The smallest absolute Gasteiger partial charge is 0.215 e. The lowest BCUT2D eigenvalue weighted by Gasteiger charge is -2.41. The van der Waals surface area contributed by atoms with E-state index in [1.165, 1.54) is 22.3 Å². The predicted octanol–water partition coefficient (Wildman–Crippen LogP) is 5.44. The van der Waals surface area contributed by atoms with Crippen molar-refractivity contribution in [2.24, 2.45) is 16.7 Å². The van der Waals surface area contributed by atoms with Gasteiger partial charge in [0.1, 0.15) is 5.78 Å². The minimum atomic E-state index is -3.49. The molecular weight excluding hydrogens is 442 g/mol. The second-order valence-electron chi connectivity index (χ2n) is 11.5. The summed E-state index contributed by atoms with van der Waals surface area (Å²) in [6, 6.07) is 17.1. The summed E-state index contributed by atoms with van der Waals surface area (Å²) < 4.78 is 28.8. The predicted molar refractivity (Wildman–Crippen MR) is 136 cm³/mol. The van der Waals surface area contributed by atoms with E-state index in [1.807, 2.05) is 6.07 Å². The third kappa shape index (κ3) is 3.06. The fraction of sp³-hybridized carbons (Fsp3) is 0.483. The van der Waals surface area contributed by atoms with Crippen LogP contribution in [0.1, 0.15) is 57.1 Å². The first kappa shape index (κ1) is 22.2. The van der Waals surface area contributed by atoms with Gasteiger partial charge in [0.2, 0.25) is 10.0 Å². The first-order chi connectivity index (χ1) is 16.2. The Labute approximate surface area is 203 Å². The average molecular weight is 476 g/mol. The highest BCUT2D eigenvalue weighted by Crippen LogP contribution is 2.64. The Balaban J connectivity index is 1.20. The summed E-state index contributed by atoms with van der Waals surface area (Å²) in [7, 11) is -3.49. The van der Waals surface area contributed by atoms with E-state index in [0.717, 1.165) is 25.7 Å². The highest BCUT2D eigenvalue weighted by Gasteiger charge is 2.65. The van der Waals surface area contributed by atoms with Crippen molar-refractivity contribution in [1.82, 2.24) is 4.31 Å². The summed E-state index contributed by atoms with van der Waals surface area (Å²) in [6.07, 6.45) is 8.33. The van der Waals surface area contributed by atoms with Crippen molar-refractivity contribution >= 4 is 21.9 Å². The van der Waals surface area contributed by atoms with Gasteiger partial charge in [-0.05, 0) is 65.3 Å². The molecule has 0 N–H and O–H groups in total. The minimum absolute atomic E-state index is 0.0117. The van der Waals surface area contributed by atoms with Crippen molar-refractivity contribution in [1.29, 1.82) is 0 Å². The molecule has 2 bridgehead atoms. The van der Waals surface area contributed by atoms with Crippen LogP contribution in [-0.2, 0) is 20.2 Å². The average Bonchev–Trinajstić information content (AvgIpc) is 3.35. The highest BCUT2D eigenvalue weighted by molar-refractivity contribution is 7.89. The van der Waals surface area contributed by atoms with Crippen LogP contribution in [0.5, 0.6) is 0 Å². The maximum atomic E-state index is 13.6. The van der Waals surface area contributed by atoms with Gasteiger partial charge >= 0.3 is 0 Å². The van der Waals surface area contributed by atoms with E-state index >= 15 is 0 Å². The molecule has 1 saturated heterocycles. The van der Waals surface area contributed by atoms with Crippen LogP contribution in [0.15, 0.2) is 54.6 Å². The Morgan fingerprint density at radius 3 is 2.35 bits per heavy atom. The number of carbonyl (C=O) groups is 1. The normalized spacial score (nSPS) is 29.1. The zero-order valence-electron chi connectivity index (χ0n) is 20.1. The van der Waals surface area contributed by atoms with Gasteiger partial charge in [0.25, 0.3) is 0 Å². The molecule has 2 aromatic rings. The van der Waals surface area contributed by atoms with Gasteiger partial charge in [-0.25, -0.2) is 12.7 Å². The van der Waals surface area contributed by atoms with Crippen molar-refractivity contribution < 1.29 is 13.2 Å². The lowest BCUT2D eigenvalue weighted by Crippen LogP contribution is -2.50. The van der Waals surface area contributed by atoms with Gasteiger partial charge in [0, 0.05) is 30.3 Å². The number of Topliss-reactive ketones (excluding diaryl/α,β-unsaturated/α-hetero) is 1. The second-order valence-corrected chi connectivity index (χ2v) is 13.4. The van der Waals surface area contributed by atoms with E-state index in [9.17, 15) is 13.2 Å². The SMILES string of the molecule is CC1(C)C2CC[C@@]1(CS(=O)(=O)N1CCC3(C=Cc4cc(-c5ccccc5)ccc43)CC1)C(=O)C2. The van der Waals surface area contributed by atoms with Crippen LogP contribution in [0.2, 0.25) is 0 Å². The summed E-state index contributed by atoms with van der Waals surface area (Å²) in [5.74, 6) is 0.496. The van der Waals surface area contributed by atoms with Crippen molar-refractivity contribution in [2.45, 2.75) is 51.4 Å². The molecule has 1 spiro atoms. The van der Waals surface area contributed by atoms with E-state index in [4.69, 9.17) is 0 Å². The third-order valence-corrected chi connectivity index (χ3v) is 11.9. The van der Waals surface area contributed by atoms with E-state index in [1.54, 1.807) is 4.31 Å². The molecule has 0 radical (unpaired) electrons. The summed E-state index contributed by atoms with van der Waals surface area (Å²) in [6.45, 7) is 5.25. The molecule has 0 amide bonds. The van der Waals surface area contributed by atoms with Gasteiger partial charge < -0.3 is 0 Å². The van der Waals surface area contributed by atoms with Crippen LogP contribution in [0.3, 0.4) is 0 Å². The number of hydrogen-bond acceptors (Lipinski definition) is 3. The number of benzene rings is 2. The summed E-state index contributed by atoms with van der Waals surface area (Å²) in [5, 5.41) is 0. The topological polar surface area (TPSA) is 54.5 Å². The van der Waals surface area contributed by atoms with Crippen molar-refractivity contribution in [3.8, 4) is 11.1 Å². The standard InChI is InChI=1S/C29H33NO3S/c1-27(2)24-11-13-29(27,26(31)19-24)20-34(32,33)30-16-14-28(15-17-30)12-10-23-18-22(8-9-25(23)28)21-6-4-3-5-7-21/h3-10,12,18,24H,11,13-17,19-20H2,1-2H3/t24?,29-/m1/s1. The number of ketones is 1. The Kier molecular flexibility index (Phi) is 4.83. The molecule has 34 heavy (non-hydrogen) atoms. The summed E-state index contributed by atoms with van der Waals surface area (Å²) >= 11 is 0. The number of rotatable bonds is 4. The van der Waals surface area contributed by atoms with Gasteiger partial charge in [0.15, 0.2) is 0 Å². The molecule has 4 nitrogen and oxygen atoms in total. The monoisotopic (exact) mass is 475 g/mol. The fourth-order valence-electron chi connectivity index (χ4n) is 7.41. The van der Waals surface area contributed by atoms with Crippen molar-refractivity contribution in [2.75, 3.05) is 18.8 Å². The molecule has 1 aliphatic heterocycles.